The van der Waals surface area contributed by atoms with Crippen LogP contribution in [0.15, 0.2) is 41.6 Å². The van der Waals surface area contributed by atoms with E-state index >= 15 is 0 Å². The molecule has 1 atom stereocenters. The Hall–Kier alpha value is -3.07. The Kier molecular flexibility index (Phi) is 9.00. The molecule has 0 saturated heterocycles. The van der Waals surface area contributed by atoms with Gasteiger partial charge in [-0.2, -0.15) is 13.2 Å². The first-order chi connectivity index (χ1) is 16.9. The van der Waals surface area contributed by atoms with Gasteiger partial charge in [0.15, 0.2) is 0 Å². The van der Waals surface area contributed by atoms with Gasteiger partial charge < -0.3 is 19.6 Å². The molecule has 0 aliphatic heterocycles. The van der Waals surface area contributed by atoms with Crippen molar-refractivity contribution in [1.29, 1.82) is 0 Å². The molecule has 196 valence electrons. The number of fused-ring (bicyclic) bond motifs is 1. The summed E-state index contributed by atoms with van der Waals surface area (Å²) in [7, 11) is 0. The molecule has 0 heterocycles. The third-order valence-electron chi connectivity index (χ3n) is 5.64. The summed E-state index contributed by atoms with van der Waals surface area (Å²) in [6, 6.07) is 9.92. The van der Waals surface area contributed by atoms with E-state index in [1.165, 1.54) is 12.1 Å². The fraction of sp³-hybridized carbons (Fsp3) is 0.481. The SMILES string of the molecule is C/C(=N\OCc1ccc(OC(C)C)c(C(F)(F)F)c1)c1ccc2c(c1)CCC2NCC(=O)OC(C)C. The minimum atomic E-state index is -4.54. The van der Waals surface area contributed by atoms with Gasteiger partial charge in [0.2, 0.25) is 0 Å². The molecule has 1 unspecified atom stereocenters. The largest absolute Gasteiger partial charge is 0.490 e. The number of hydrogen-bond acceptors (Lipinski definition) is 6. The number of benzene rings is 2. The molecule has 1 N–H and O–H groups in total. The second kappa shape index (κ2) is 11.8. The van der Waals surface area contributed by atoms with Crippen molar-refractivity contribution in [3.63, 3.8) is 0 Å². The maximum atomic E-state index is 13.4. The van der Waals surface area contributed by atoms with Crippen molar-refractivity contribution in [3.8, 4) is 5.75 Å². The first-order valence-corrected chi connectivity index (χ1v) is 12.0. The van der Waals surface area contributed by atoms with Crippen LogP contribution >= 0.6 is 0 Å². The lowest BCUT2D eigenvalue weighted by Crippen LogP contribution is -2.29. The van der Waals surface area contributed by atoms with E-state index in [0.29, 0.717) is 11.3 Å². The Morgan fingerprint density at radius 3 is 2.53 bits per heavy atom. The molecule has 0 spiro atoms. The Bertz CT molecular complexity index is 1100. The summed E-state index contributed by atoms with van der Waals surface area (Å²) in [4.78, 5) is 17.2. The van der Waals surface area contributed by atoms with E-state index in [1.54, 1.807) is 20.8 Å². The topological polar surface area (TPSA) is 69.2 Å². The fourth-order valence-electron chi connectivity index (χ4n) is 4.07. The number of ether oxygens (including phenoxy) is 2. The summed E-state index contributed by atoms with van der Waals surface area (Å²) >= 11 is 0. The first kappa shape index (κ1) is 27.5. The number of aryl methyl sites for hydroxylation is 1. The molecule has 36 heavy (non-hydrogen) atoms. The third-order valence-corrected chi connectivity index (χ3v) is 5.64. The molecular formula is C27H33F3N2O4. The number of carbonyl (C=O) groups is 1. The predicted molar refractivity (Wildman–Crippen MR) is 131 cm³/mol. The lowest BCUT2D eigenvalue weighted by Gasteiger charge is -2.17. The summed E-state index contributed by atoms with van der Waals surface area (Å²) in [6.07, 6.45) is -3.32. The van der Waals surface area contributed by atoms with Crippen LogP contribution in [-0.4, -0.2) is 30.4 Å². The molecule has 9 heteroatoms. The maximum absolute atomic E-state index is 13.4. The zero-order valence-corrected chi connectivity index (χ0v) is 21.2. The van der Waals surface area contributed by atoms with Crippen molar-refractivity contribution in [3.05, 3.63) is 64.2 Å². The summed E-state index contributed by atoms with van der Waals surface area (Å²) in [6.45, 7) is 8.81. The van der Waals surface area contributed by atoms with E-state index in [1.807, 2.05) is 32.0 Å². The van der Waals surface area contributed by atoms with Crippen LogP contribution in [0.3, 0.4) is 0 Å². The van der Waals surface area contributed by atoms with Gasteiger partial charge in [0.1, 0.15) is 12.4 Å². The van der Waals surface area contributed by atoms with E-state index < -0.39 is 11.7 Å². The van der Waals surface area contributed by atoms with E-state index in [2.05, 4.69) is 10.5 Å². The van der Waals surface area contributed by atoms with Crippen LogP contribution in [0.1, 0.15) is 74.9 Å². The van der Waals surface area contributed by atoms with E-state index in [-0.39, 0.29) is 43.1 Å². The smallest absolute Gasteiger partial charge is 0.419 e. The number of halogens is 3. The predicted octanol–water partition coefficient (Wildman–Crippen LogP) is 5.96. The van der Waals surface area contributed by atoms with Crippen LogP contribution in [0.25, 0.3) is 0 Å². The molecule has 2 aromatic carbocycles. The number of carbonyl (C=O) groups excluding carboxylic acids is 1. The molecular weight excluding hydrogens is 473 g/mol. The average Bonchev–Trinajstić information content (AvgIpc) is 3.19. The van der Waals surface area contributed by atoms with Crippen molar-refractivity contribution >= 4 is 11.7 Å². The lowest BCUT2D eigenvalue weighted by molar-refractivity contribution is -0.146. The van der Waals surface area contributed by atoms with Crippen LogP contribution in [-0.2, 0) is 33.6 Å². The molecule has 0 amide bonds. The minimum absolute atomic E-state index is 0.0766. The molecule has 2 aromatic rings. The van der Waals surface area contributed by atoms with Crippen molar-refractivity contribution in [2.45, 2.75) is 78.5 Å². The first-order valence-electron chi connectivity index (χ1n) is 12.0. The number of rotatable bonds is 10. The highest BCUT2D eigenvalue weighted by molar-refractivity contribution is 5.98. The second-order valence-corrected chi connectivity index (χ2v) is 9.37. The number of alkyl halides is 3. The van der Waals surface area contributed by atoms with Crippen LogP contribution < -0.4 is 10.1 Å². The molecule has 6 nitrogen and oxygen atoms in total. The monoisotopic (exact) mass is 506 g/mol. The Balaban J connectivity index is 1.62. The van der Waals surface area contributed by atoms with Gasteiger partial charge in [-0.15, -0.1) is 0 Å². The van der Waals surface area contributed by atoms with Crippen molar-refractivity contribution in [2.24, 2.45) is 5.16 Å². The summed E-state index contributed by atoms with van der Waals surface area (Å²) in [5.41, 5.74) is 3.28. The molecule has 0 fully saturated rings. The standard InChI is InChI=1S/C27H33F3N2O4/c1-16(2)35-25-11-6-19(12-23(25)27(28,29)30)15-34-32-18(5)20-7-9-22-21(13-20)8-10-24(22)31-14-26(33)36-17(3)4/h6-7,9,11-13,16-17,24,31H,8,10,14-15H2,1-5H3/b32-18+. The zero-order valence-electron chi connectivity index (χ0n) is 21.2. The average molecular weight is 507 g/mol. The molecule has 0 saturated carbocycles. The van der Waals surface area contributed by atoms with Gasteiger partial charge in [-0.25, -0.2) is 0 Å². The van der Waals surface area contributed by atoms with E-state index in [4.69, 9.17) is 14.3 Å². The number of esters is 1. The van der Waals surface area contributed by atoms with Crippen molar-refractivity contribution < 1.29 is 32.3 Å². The molecule has 1 aliphatic rings. The fourth-order valence-corrected chi connectivity index (χ4v) is 4.07. The molecule has 1 aliphatic carbocycles. The quantitative estimate of drug-likeness (QED) is 0.245. The summed E-state index contributed by atoms with van der Waals surface area (Å²) in [5.74, 6) is -0.483. The highest BCUT2D eigenvalue weighted by Crippen LogP contribution is 2.37. The van der Waals surface area contributed by atoms with Crippen LogP contribution in [0, 0.1) is 0 Å². The van der Waals surface area contributed by atoms with Crippen LogP contribution in [0.5, 0.6) is 5.75 Å². The highest BCUT2D eigenvalue weighted by atomic mass is 19.4. The number of nitrogens with one attached hydrogen (secondary N) is 1. The van der Waals surface area contributed by atoms with Gasteiger partial charge in [0.25, 0.3) is 0 Å². The van der Waals surface area contributed by atoms with Crippen LogP contribution in [0.2, 0.25) is 0 Å². The van der Waals surface area contributed by atoms with E-state index in [0.717, 1.165) is 35.6 Å². The van der Waals surface area contributed by atoms with Gasteiger partial charge in [0, 0.05) is 6.04 Å². The van der Waals surface area contributed by atoms with Gasteiger partial charge in [-0.3, -0.25) is 4.79 Å². The maximum Gasteiger partial charge on any atom is 0.419 e. The van der Waals surface area contributed by atoms with E-state index in [9.17, 15) is 18.0 Å². The van der Waals surface area contributed by atoms with Crippen molar-refractivity contribution in [2.75, 3.05) is 6.54 Å². The zero-order chi connectivity index (χ0) is 26.5. The Morgan fingerprint density at radius 2 is 1.86 bits per heavy atom. The molecule has 3 rings (SSSR count). The van der Waals surface area contributed by atoms with Gasteiger partial charge in [-0.1, -0.05) is 23.4 Å². The van der Waals surface area contributed by atoms with Crippen molar-refractivity contribution in [1.82, 2.24) is 5.32 Å². The minimum Gasteiger partial charge on any atom is -0.490 e. The highest BCUT2D eigenvalue weighted by Gasteiger charge is 2.35. The summed E-state index contributed by atoms with van der Waals surface area (Å²) in [5, 5.41) is 7.37. The lowest BCUT2D eigenvalue weighted by atomic mass is 10.0. The number of hydrogen-bond donors (Lipinski definition) is 1. The van der Waals surface area contributed by atoms with Gasteiger partial charge in [0.05, 0.1) is 30.0 Å². The summed E-state index contributed by atoms with van der Waals surface area (Å²) < 4.78 is 50.8. The number of oxime groups is 1. The normalized spacial score (nSPS) is 15.8. The van der Waals surface area contributed by atoms with Crippen LogP contribution in [0.4, 0.5) is 13.2 Å². The Labute approximate surface area is 209 Å². The third kappa shape index (κ3) is 7.46. The second-order valence-electron chi connectivity index (χ2n) is 9.37. The molecule has 0 aromatic heterocycles. The van der Waals surface area contributed by atoms with Gasteiger partial charge in [-0.05, 0) is 87.9 Å². The van der Waals surface area contributed by atoms with Gasteiger partial charge >= 0.3 is 12.1 Å². The number of nitrogens with zero attached hydrogens (tertiary/aromatic N) is 1. The molecule has 0 radical (unpaired) electrons. The molecule has 0 bridgehead atoms. The Morgan fingerprint density at radius 1 is 1.11 bits per heavy atom.